The molecule has 1 amide bonds. The smallest absolute Gasteiger partial charge is 0.246 e. The molecule has 2 fully saturated rings. The van der Waals surface area contributed by atoms with Gasteiger partial charge in [-0.1, -0.05) is 6.07 Å². The third kappa shape index (κ3) is 6.47. The summed E-state index contributed by atoms with van der Waals surface area (Å²) in [6, 6.07) is 6.43. The quantitative estimate of drug-likeness (QED) is 0.593. The van der Waals surface area contributed by atoms with Gasteiger partial charge in [0.2, 0.25) is 5.91 Å². The van der Waals surface area contributed by atoms with E-state index in [1.54, 1.807) is 20.3 Å². The number of piperidine rings is 2. The number of ether oxygens (including phenoxy) is 2. The van der Waals surface area contributed by atoms with Crippen molar-refractivity contribution >= 4 is 12.0 Å². The molecule has 1 aromatic rings. The molecule has 0 radical (unpaired) electrons. The lowest BCUT2D eigenvalue weighted by Crippen LogP contribution is -2.48. The van der Waals surface area contributed by atoms with Crippen molar-refractivity contribution in [1.29, 1.82) is 0 Å². The molecule has 0 bridgehead atoms. The zero-order valence-corrected chi connectivity index (χ0v) is 19.7. The van der Waals surface area contributed by atoms with Gasteiger partial charge in [0.25, 0.3) is 0 Å². The first-order chi connectivity index (χ1) is 15.0. The molecule has 31 heavy (non-hydrogen) atoms. The van der Waals surface area contributed by atoms with Gasteiger partial charge in [-0.25, -0.2) is 0 Å². The highest BCUT2D eigenvalue weighted by Crippen LogP contribution is 2.28. The summed E-state index contributed by atoms with van der Waals surface area (Å²) in [4.78, 5) is 19.9. The van der Waals surface area contributed by atoms with E-state index in [0.29, 0.717) is 17.4 Å². The summed E-state index contributed by atoms with van der Waals surface area (Å²) in [6.07, 6.45) is 8.50. The minimum absolute atomic E-state index is 0.0787. The molecule has 0 aromatic heterocycles. The number of likely N-dealkylation sites (N-methyl/N-ethyl adjacent to an activating group) is 1. The van der Waals surface area contributed by atoms with Crippen molar-refractivity contribution in [2.45, 2.75) is 38.6 Å². The Morgan fingerprint density at radius 1 is 1.06 bits per heavy atom. The molecule has 6 heteroatoms. The number of methoxy groups -OCH3 is 2. The van der Waals surface area contributed by atoms with Gasteiger partial charge in [0.1, 0.15) is 0 Å². The van der Waals surface area contributed by atoms with Crippen LogP contribution in [0.4, 0.5) is 0 Å². The van der Waals surface area contributed by atoms with Gasteiger partial charge in [0.15, 0.2) is 11.5 Å². The summed E-state index contributed by atoms with van der Waals surface area (Å²) in [5, 5.41) is 0. The average molecular weight is 430 g/mol. The van der Waals surface area contributed by atoms with Crippen LogP contribution in [0.2, 0.25) is 0 Å². The maximum Gasteiger partial charge on any atom is 0.246 e. The Hall–Kier alpha value is -2.05. The lowest BCUT2D eigenvalue weighted by Gasteiger charge is -2.41. The molecule has 0 aliphatic carbocycles. The Morgan fingerprint density at radius 3 is 2.35 bits per heavy atom. The van der Waals surface area contributed by atoms with Crippen molar-refractivity contribution in [3.8, 4) is 11.5 Å². The van der Waals surface area contributed by atoms with Crippen LogP contribution in [-0.4, -0.2) is 87.2 Å². The van der Waals surface area contributed by atoms with E-state index in [2.05, 4.69) is 23.8 Å². The Morgan fingerprint density at radius 2 is 1.74 bits per heavy atom. The highest BCUT2D eigenvalue weighted by molar-refractivity contribution is 5.91. The Balaban J connectivity index is 1.49. The highest BCUT2D eigenvalue weighted by Gasteiger charge is 2.28. The van der Waals surface area contributed by atoms with Gasteiger partial charge in [-0.3, -0.25) is 4.79 Å². The molecule has 6 nitrogen and oxygen atoms in total. The Kier molecular flexibility index (Phi) is 8.79. The van der Waals surface area contributed by atoms with Crippen molar-refractivity contribution in [1.82, 2.24) is 14.7 Å². The molecule has 3 rings (SSSR count). The van der Waals surface area contributed by atoms with E-state index in [1.165, 1.54) is 51.9 Å². The number of hydrogen-bond acceptors (Lipinski definition) is 5. The molecule has 2 saturated heterocycles. The molecule has 0 atom stereocenters. The van der Waals surface area contributed by atoms with Crippen LogP contribution in [0.5, 0.6) is 11.5 Å². The van der Waals surface area contributed by atoms with Crippen molar-refractivity contribution in [3.63, 3.8) is 0 Å². The monoisotopic (exact) mass is 429 g/mol. The second-order valence-corrected chi connectivity index (χ2v) is 8.84. The fourth-order valence-corrected chi connectivity index (χ4v) is 4.78. The van der Waals surface area contributed by atoms with Gasteiger partial charge >= 0.3 is 0 Å². The van der Waals surface area contributed by atoms with Gasteiger partial charge in [-0.05, 0) is 95.5 Å². The van der Waals surface area contributed by atoms with Crippen LogP contribution in [0.25, 0.3) is 6.08 Å². The molecule has 0 N–H and O–H groups in total. The first-order valence-corrected chi connectivity index (χ1v) is 11.7. The predicted octanol–water partition coefficient (Wildman–Crippen LogP) is 3.37. The van der Waals surface area contributed by atoms with Crippen molar-refractivity contribution in [2.24, 2.45) is 5.92 Å². The van der Waals surface area contributed by atoms with E-state index >= 15 is 0 Å². The van der Waals surface area contributed by atoms with Crippen LogP contribution in [0.3, 0.4) is 0 Å². The molecule has 2 heterocycles. The van der Waals surface area contributed by atoms with Gasteiger partial charge < -0.3 is 24.2 Å². The Labute approximate surface area is 187 Å². The van der Waals surface area contributed by atoms with E-state index < -0.39 is 0 Å². The molecule has 2 aliphatic rings. The van der Waals surface area contributed by atoms with E-state index in [0.717, 1.165) is 24.7 Å². The Bertz CT molecular complexity index is 736. The number of benzene rings is 1. The van der Waals surface area contributed by atoms with Crippen LogP contribution >= 0.6 is 0 Å². The third-order valence-corrected chi connectivity index (χ3v) is 6.85. The first-order valence-electron chi connectivity index (χ1n) is 11.7. The minimum Gasteiger partial charge on any atom is -0.493 e. The third-order valence-electron chi connectivity index (χ3n) is 6.85. The summed E-state index contributed by atoms with van der Waals surface area (Å²) in [5.74, 6) is 2.03. The topological polar surface area (TPSA) is 45.2 Å². The lowest BCUT2D eigenvalue weighted by atomic mass is 9.93. The predicted molar refractivity (Wildman–Crippen MR) is 126 cm³/mol. The maximum absolute atomic E-state index is 12.8. The highest BCUT2D eigenvalue weighted by atomic mass is 16.5. The van der Waals surface area contributed by atoms with E-state index in [4.69, 9.17) is 9.47 Å². The van der Waals surface area contributed by atoms with Crippen LogP contribution in [0, 0.1) is 5.92 Å². The number of carbonyl (C=O) groups is 1. The van der Waals surface area contributed by atoms with E-state index in [-0.39, 0.29) is 5.91 Å². The van der Waals surface area contributed by atoms with Crippen molar-refractivity contribution < 1.29 is 14.3 Å². The number of carbonyl (C=O) groups excluding carboxylic acids is 1. The molecule has 172 valence electrons. The van der Waals surface area contributed by atoms with Crippen molar-refractivity contribution in [2.75, 3.05) is 60.5 Å². The van der Waals surface area contributed by atoms with Gasteiger partial charge in [-0.2, -0.15) is 0 Å². The summed E-state index contributed by atoms with van der Waals surface area (Å²) >= 11 is 0. The second-order valence-electron chi connectivity index (χ2n) is 8.84. The number of hydrogen-bond donors (Lipinski definition) is 0. The zero-order valence-electron chi connectivity index (χ0n) is 19.7. The molecular weight excluding hydrogens is 390 g/mol. The molecule has 0 unspecified atom stereocenters. The van der Waals surface area contributed by atoms with E-state index in [9.17, 15) is 4.79 Å². The summed E-state index contributed by atoms with van der Waals surface area (Å²) in [6.45, 7) is 8.44. The number of rotatable bonds is 8. The van der Waals surface area contributed by atoms with Crippen LogP contribution in [0.1, 0.15) is 38.2 Å². The fraction of sp³-hybridized carbons (Fsp3) is 0.640. The number of amides is 1. The van der Waals surface area contributed by atoms with Gasteiger partial charge in [-0.15, -0.1) is 0 Å². The number of likely N-dealkylation sites (tertiary alicyclic amines) is 2. The summed E-state index contributed by atoms with van der Waals surface area (Å²) < 4.78 is 10.6. The van der Waals surface area contributed by atoms with Gasteiger partial charge in [0.05, 0.1) is 14.2 Å². The van der Waals surface area contributed by atoms with Gasteiger partial charge in [0, 0.05) is 25.2 Å². The fourth-order valence-electron chi connectivity index (χ4n) is 4.78. The SMILES string of the molecule is CCN(CC1CCN(C2CCN(C)CC2)CC1)C(=O)C=Cc1ccc(OC)c(OC)c1. The van der Waals surface area contributed by atoms with E-state index in [1.807, 2.05) is 29.2 Å². The molecule has 0 saturated carbocycles. The van der Waals surface area contributed by atoms with Crippen LogP contribution < -0.4 is 9.47 Å². The summed E-state index contributed by atoms with van der Waals surface area (Å²) in [5.41, 5.74) is 0.925. The van der Waals surface area contributed by atoms with Crippen molar-refractivity contribution in [3.05, 3.63) is 29.8 Å². The minimum atomic E-state index is 0.0787. The second kappa shape index (κ2) is 11.5. The normalized spacial score (nSPS) is 19.6. The molecule has 0 spiro atoms. The molecular formula is C25H39N3O3. The standard InChI is InChI=1S/C25H39N3O3/c1-5-27(25(29)9-7-20-6-8-23(30-3)24(18-20)31-4)19-21-10-16-28(17-11-21)22-12-14-26(2)15-13-22/h6-9,18,21-22H,5,10-17,19H2,1-4H3. The van der Waals surface area contributed by atoms with Crippen LogP contribution in [0.15, 0.2) is 24.3 Å². The molecule has 1 aromatic carbocycles. The maximum atomic E-state index is 12.8. The van der Waals surface area contributed by atoms with Crippen LogP contribution in [-0.2, 0) is 4.79 Å². The largest absolute Gasteiger partial charge is 0.493 e. The zero-order chi connectivity index (χ0) is 22.2. The lowest BCUT2D eigenvalue weighted by molar-refractivity contribution is -0.126. The first kappa shape index (κ1) is 23.6. The average Bonchev–Trinajstić information content (AvgIpc) is 2.81. The summed E-state index contributed by atoms with van der Waals surface area (Å²) in [7, 11) is 5.46. The number of nitrogens with zero attached hydrogens (tertiary/aromatic N) is 3. The molecule has 2 aliphatic heterocycles.